The van der Waals surface area contributed by atoms with Crippen LogP contribution in [-0.2, 0) is 19.9 Å². The standard InChI is InChI=1S/C27H33ClF3N7O2.C4H6.C3H5NO2.C2H6/c1-32-15-3-4-16-34-23(39)19-5-11-22(12-6-19)37-24(38-25(33-2)40-17-27(29,30)31)35-18-36-26(13-14-26)20-7-9-21(28)10-8-20;1-3-4-2;1-4-3(6)2-5;1-2/h5-12,32,36H,2-4,13-18H2,1H3,(H,34,39)(H,35,37);1-2H3;2H,1H3,(H,4,6);1-2H3/b38-25+;;;. The lowest BCUT2D eigenvalue weighted by atomic mass is 10.1. The van der Waals surface area contributed by atoms with Crippen LogP contribution in [0.15, 0.2) is 63.5 Å². The molecule has 0 unspecified atom stereocenters. The number of hydrogen-bond acceptors (Lipinski definition) is 7. The summed E-state index contributed by atoms with van der Waals surface area (Å²) in [4.78, 5) is 43.3. The van der Waals surface area contributed by atoms with Crippen molar-refractivity contribution in [2.75, 3.05) is 45.8 Å². The third-order valence-corrected chi connectivity index (χ3v) is 6.89. The summed E-state index contributed by atoms with van der Waals surface area (Å²) in [5.41, 5.74) is 1.76. The summed E-state index contributed by atoms with van der Waals surface area (Å²) in [7, 11) is 3.28. The van der Waals surface area contributed by atoms with Crippen LogP contribution in [0.3, 0.4) is 0 Å². The van der Waals surface area contributed by atoms with Crippen molar-refractivity contribution in [1.82, 2.24) is 21.3 Å². The van der Waals surface area contributed by atoms with Crippen molar-refractivity contribution < 1.29 is 32.3 Å². The summed E-state index contributed by atoms with van der Waals surface area (Å²) < 4.78 is 42.6. The summed E-state index contributed by atoms with van der Waals surface area (Å²) in [6.07, 6.45) is -0.760. The van der Waals surface area contributed by atoms with Crippen LogP contribution in [0.5, 0.6) is 0 Å². The van der Waals surface area contributed by atoms with Gasteiger partial charge in [0.15, 0.2) is 6.61 Å². The Balaban J connectivity index is 0.00000188. The Morgan fingerprint density at radius 3 is 2.06 bits per heavy atom. The van der Waals surface area contributed by atoms with Crippen LogP contribution in [-0.4, -0.2) is 83.4 Å². The molecule has 3 rings (SSSR count). The Labute approximate surface area is 309 Å². The number of aldehydes is 1. The van der Waals surface area contributed by atoms with Crippen molar-refractivity contribution >= 4 is 54.1 Å². The second kappa shape index (κ2) is 26.9. The quantitative estimate of drug-likeness (QED) is 0.0439. The average molecular weight is 751 g/mol. The first-order chi connectivity index (χ1) is 24.9. The van der Waals surface area contributed by atoms with E-state index in [0.29, 0.717) is 22.8 Å². The van der Waals surface area contributed by atoms with Gasteiger partial charge in [0.2, 0.25) is 12.2 Å². The zero-order valence-electron chi connectivity index (χ0n) is 30.5. The number of anilines is 1. The molecule has 2 aromatic rings. The van der Waals surface area contributed by atoms with Crippen molar-refractivity contribution in [3.05, 3.63) is 64.7 Å². The molecule has 0 aliphatic heterocycles. The number of likely N-dealkylation sites (N-methyl/N-ethyl adjacent to an activating group) is 1. The molecule has 286 valence electrons. The van der Waals surface area contributed by atoms with E-state index in [4.69, 9.17) is 11.6 Å². The largest absolute Gasteiger partial charge is 0.454 e. The van der Waals surface area contributed by atoms with Crippen molar-refractivity contribution in [3.63, 3.8) is 0 Å². The van der Waals surface area contributed by atoms with Gasteiger partial charge in [0.25, 0.3) is 11.8 Å². The summed E-state index contributed by atoms with van der Waals surface area (Å²) in [6, 6.07) is 13.4. The molecule has 16 heteroatoms. The number of halogens is 4. The van der Waals surface area contributed by atoms with Crippen LogP contribution in [0.1, 0.15) is 69.3 Å². The van der Waals surface area contributed by atoms with E-state index < -0.39 is 24.7 Å². The van der Waals surface area contributed by atoms with Gasteiger partial charge in [-0.2, -0.15) is 18.2 Å². The van der Waals surface area contributed by atoms with Crippen LogP contribution in [0.2, 0.25) is 5.02 Å². The number of unbranched alkanes of at least 4 members (excludes halogenated alkanes) is 1. The number of aliphatic imine (C=N–C) groups is 3. The Bertz CT molecular complexity index is 1480. The zero-order valence-corrected chi connectivity index (χ0v) is 31.3. The van der Waals surface area contributed by atoms with E-state index in [-0.39, 0.29) is 30.4 Å². The van der Waals surface area contributed by atoms with E-state index in [0.717, 1.165) is 37.8 Å². The van der Waals surface area contributed by atoms with Crippen molar-refractivity contribution in [1.29, 1.82) is 0 Å². The number of alkyl halides is 3. The van der Waals surface area contributed by atoms with Gasteiger partial charge in [-0.05, 0) is 102 Å². The molecule has 1 aliphatic carbocycles. The van der Waals surface area contributed by atoms with E-state index >= 15 is 0 Å². The molecule has 52 heavy (non-hydrogen) atoms. The Hall–Kier alpha value is -4.78. The summed E-state index contributed by atoms with van der Waals surface area (Å²) in [6.45, 7) is 10.8. The topological polar surface area (TPSA) is 158 Å². The maximum atomic E-state index is 12.7. The van der Waals surface area contributed by atoms with Gasteiger partial charge in [-0.15, -0.1) is 11.8 Å². The maximum absolute atomic E-state index is 12.7. The SMILES string of the molecule is C=N/C(=N\C(=N/CNC1(c2ccc(Cl)cc2)CC1)Nc1ccc(C(=O)NCCCCNC)cc1)OCC(F)(F)F.CC.CC#CC.CNC(=O)C=O. The molecule has 0 saturated heterocycles. The molecule has 1 fully saturated rings. The Kier molecular flexibility index (Phi) is 24.5. The van der Waals surface area contributed by atoms with Gasteiger partial charge in [-0.1, -0.05) is 37.6 Å². The highest BCUT2D eigenvalue weighted by Crippen LogP contribution is 2.45. The lowest BCUT2D eigenvalue weighted by molar-refractivity contribution is -0.156. The Morgan fingerprint density at radius 2 is 1.60 bits per heavy atom. The number of carbonyl (C=O) groups excluding carboxylic acids is 3. The number of guanidine groups is 1. The first-order valence-corrected chi connectivity index (χ1v) is 16.9. The van der Waals surface area contributed by atoms with Crippen LogP contribution >= 0.6 is 11.6 Å². The van der Waals surface area contributed by atoms with E-state index in [1.165, 1.54) is 7.05 Å². The molecule has 0 heterocycles. The molecule has 0 radical (unpaired) electrons. The van der Waals surface area contributed by atoms with E-state index in [2.05, 4.69) is 64.9 Å². The highest BCUT2D eigenvalue weighted by atomic mass is 35.5. The number of benzene rings is 2. The average Bonchev–Trinajstić information content (AvgIpc) is 3.94. The first kappa shape index (κ1) is 47.2. The highest BCUT2D eigenvalue weighted by molar-refractivity contribution is 6.30. The second-order valence-electron chi connectivity index (χ2n) is 10.4. The number of nitrogens with zero attached hydrogens (tertiary/aromatic N) is 3. The minimum Gasteiger partial charge on any atom is -0.454 e. The third kappa shape index (κ3) is 20.8. The molecule has 5 N–H and O–H groups in total. The summed E-state index contributed by atoms with van der Waals surface area (Å²) in [5, 5.41) is 15.0. The van der Waals surface area contributed by atoms with Crippen LogP contribution in [0.4, 0.5) is 18.9 Å². The molecule has 2 amide bonds. The number of amidine groups is 1. The number of ether oxygens (including phenoxy) is 1. The molecule has 0 atom stereocenters. The molecule has 2 aromatic carbocycles. The van der Waals surface area contributed by atoms with Gasteiger partial charge in [0.1, 0.15) is 0 Å². The smallest absolute Gasteiger partial charge is 0.422 e. The van der Waals surface area contributed by atoms with Gasteiger partial charge >= 0.3 is 12.2 Å². The van der Waals surface area contributed by atoms with Gasteiger partial charge in [0, 0.05) is 35.4 Å². The highest BCUT2D eigenvalue weighted by Gasteiger charge is 2.43. The fourth-order valence-corrected chi connectivity index (χ4v) is 3.93. The second-order valence-corrected chi connectivity index (χ2v) is 10.8. The monoisotopic (exact) mass is 750 g/mol. The third-order valence-electron chi connectivity index (χ3n) is 6.64. The molecule has 1 aliphatic rings. The molecule has 0 spiro atoms. The lowest BCUT2D eigenvalue weighted by Crippen LogP contribution is -2.30. The normalized spacial score (nSPS) is 12.7. The number of nitrogens with one attached hydrogen (secondary N) is 5. The summed E-state index contributed by atoms with van der Waals surface area (Å²) in [5.74, 6) is 4.52. The fourth-order valence-electron chi connectivity index (χ4n) is 3.80. The molecule has 0 aromatic heterocycles. The lowest BCUT2D eigenvalue weighted by Gasteiger charge is -2.17. The van der Waals surface area contributed by atoms with E-state index in [9.17, 15) is 27.6 Å². The fraction of sp³-hybridized carbons (Fsp3) is 0.444. The number of carbonyl (C=O) groups is 3. The molecule has 0 bridgehead atoms. The van der Waals surface area contributed by atoms with Gasteiger partial charge < -0.3 is 26.0 Å². The first-order valence-electron chi connectivity index (χ1n) is 16.5. The van der Waals surface area contributed by atoms with Crippen molar-refractivity contribution in [2.24, 2.45) is 15.0 Å². The van der Waals surface area contributed by atoms with Crippen molar-refractivity contribution in [2.45, 2.75) is 65.1 Å². The predicted octanol–water partition coefficient (Wildman–Crippen LogP) is 5.70. The van der Waals surface area contributed by atoms with Crippen LogP contribution < -0.4 is 26.6 Å². The minimum absolute atomic E-state index is 0.0503. The van der Waals surface area contributed by atoms with E-state index in [1.54, 1.807) is 24.3 Å². The zero-order chi connectivity index (χ0) is 39.4. The van der Waals surface area contributed by atoms with Crippen LogP contribution in [0.25, 0.3) is 0 Å². The number of amides is 2. The van der Waals surface area contributed by atoms with Gasteiger partial charge in [-0.3, -0.25) is 19.7 Å². The minimum atomic E-state index is -4.57. The van der Waals surface area contributed by atoms with Gasteiger partial charge in [-0.25, -0.2) is 9.98 Å². The molecular formula is C36H50ClF3N8O4. The molecular weight excluding hydrogens is 701 g/mol. The maximum Gasteiger partial charge on any atom is 0.422 e. The van der Waals surface area contributed by atoms with Crippen LogP contribution in [0, 0.1) is 11.8 Å². The Morgan fingerprint density at radius 1 is 1.00 bits per heavy atom. The molecule has 12 nitrogen and oxygen atoms in total. The van der Waals surface area contributed by atoms with E-state index in [1.807, 2.05) is 59.0 Å². The molecule has 1 saturated carbocycles. The number of rotatable bonds is 13. The summed E-state index contributed by atoms with van der Waals surface area (Å²) >= 11 is 6.00. The van der Waals surface area contributed by atoms with Gasteiger partial charge in [0.05, 0.1) is 6.67 Å². The predicted molar refractivity (Wildman–Crippen MR) is 203 cm³/mol. The van der Waals surface area contributed by atoms with Crippen molar-refractivity contribution in [3.8, 4) is 11.8 Å². The number of hydrogen-bond donors (Lipinski definition) is 5.